The van der Waals surface area contributed by atoms with E-state index in [1.807, 2.05) is 20.8 Å². The van der Waals surface area contributed by atoms with Crippen molar-refractivity contribution in [2.75, 3.05) is 6.61 Å². The minimum atomic E-state index is -1.38. The first kappa shape index (κ1) is 33.7. The Morgan fingerprint density at radius 3 is 1.90 bits per heavy atom. The molecule has 39 heavy (non-hydrogen) atoms. The second-order valence-corrected chi connectivity index (χ2v) is 9.77. The van der Waals surface area contributed by atoms with E-state index in [9.17, 15) is 24.3 Å². The van der Waals surface area contributed by atoms with Gasteiger partial charge in [0.15, 0.2) is 11.5 Å². The van der Waals surface area contributed by atoms with E-state index in [1.165, 1.54) is 18.2 Å². The van der Waals surface area contributed by atoms with Crippen molar-refractivity contribution in [1.82, 2.24) is 0 Å². The summed E-state index contributed by atoms with van der Waals surface area (Å²) in [6.45, 7) is 12.4. The topological polar surface area (TPSA) is 161 Å². The van der Waals surface area contributed by atoms with E-state index >= 15 is 0 Å². The highest BCUT2D eigenvalue weighted by atomic mass is 16.7. The van der Waals surface area contributed by atoms with Crippen molar-refractivity contribution in [3.05, 3.63) is 23.8 Å². The van der Waals surface area contributed by atoms with Gasteiger partial charge in [-0.1, -0.05) is 47.1 Å². The lowest BCUT2D eigenvalue weighted by atomic mass is 9.82. The monoisotopic (exact) mass is 553 g/mol. The van der Waals surface area contributed by atoms with Gasteiger partial charge in [0.25, 0.3) is 0 Å². The lowest BCUT2D eigenvalue weighted by Gasteiger charge is -2.28. The molecule has 0 bridgehead atoms. The summed E-state index contributed by atoms with van der Waals surface area (Å²) in [4.78, 5) is 48.9. The summed E-state index contributed by atoms with van der Waals surface area (Å²) in [5.41, 5.74) is 6.42. The molecule has 0 aromatic heterocycles. The third-order valence-corrected chi connectivity index (χ3v) is 6.38. The van der Waals surface area contributed by atoms with E-state index in [-0.39, 0.29) is 30.0 Å². The third-order valence-electron chi connectivity index (χ3n) is 6.38. The normalized spacial score (nSPS) is 15.6. The van der Waals surface area contributed by atoms with Crippen LogP contribution in [0.2, 0.25) is 0 Å². The number of carboxylic acid groups (broad SMARTS) is 1. The summed E-state index contributed by atoms with van der Waals surface area (Å²) in [6, 6.07) is 2.83. The Kier molecular flexibility index (Phi) is 14.3. The van der Waals surface area contributed by atoms with Gasteiger partial charge in [-0.15, -0.1) is 0 Å². The van der Waals surface area contributed by atoms with Crippen LogP contribution in [0.15, 0.2) is 18.2 Å². The molecule has 0 aliphatic carbocycles. The number of hydrogen-bond acceptors (Lipinski definition) is 10. The molecule has 1 rings (SSSR count). The van der Waals surface area contributed by atoms with E-state index in [0.717, 1.165) is 6.42 Å². The number of benzene rings is 1. The maximum absolute atomic E-state index is 12.4. The molecule has 11 nitrogen and oxygen atoms in total. The average Bonchev–Trinajstić information content (AvgIpc) is 2.88. The molecule has 3 N–H and O–H groups in total. The Morgan fingerprint density at radius 2 is 1.41 bits per heavy atom. The van der Waals surface area contributed by atoms with Gasteiger partial charge < -0.3 is 34.5 Å². The molecule has 0 spiro atoms. The fraction of sp³-hybridized carbons (Fsp3) is 0.643. The Balaban J connectivity index is 3.36. The number of hydrogen-bond donors (Lipinski definition) is 2. The Bertz CT molecular complexity index is 966. The number of nitrogens with two attached hydrogens (primary N) is 1. The van der Waals surface area contributed by atoms with Crippen LogP contribution in [0.5, 0.6) is 11.5 Å². The molecule has 0 fully saturated rings. The van der Waals surface area contributed by atoms with Crippen molar-refractivity contribution < 1.29 is 48.0 Å². The maximum atomic E-state index is 12.4. The number of aliphatic carboxylic acids is 1. The smallest absolute Gasteiger partial charge is 0.480 e. The van der Waals surface area contributed by atoms with Crippen LogP contribution >= 0.6 is 0 Å². The standard InChI is InChI=1S/C28H43NO10/c1-8-11-16(4)26(32)35-15-17(5)23(24(29)25(30)31)20-12-13-21(38-27(33)36-18(6)9-2)22(14-20)39-28(34)37-19(7)10-3/h12-14,16-19,23-24H,8-11,15,29H2,1-7H3,(H,30,31)/t16?,17?,18?,19?,23?,24-/m0/s1. The van der Waals surface area contributed by atoms with Gasteiger partial charge in [0, 0.05) is 5.92 Å². The van der Waals surface area contributed by atoms with Gasteiger partial charge in [0.05, 0.1) is 12.5 Å². The first-order chi connectivity index (χ1) is 18.3. The molecule has 6 atom stereocenters. The lowest BCUT2D eigenvalue weighted by Crippen LogP contribution is -2.40. The van der Waals surface area contributed by atoms with E-state index in [0.29, 0.717) is 24.8 Å². The van der Waals surface area contributed by atoms with Crippen molar-refractivity contribution in [2.24, 2.45) is 17.6 Å². The molecule has 220 valence electrons. The van der Waals surface area contributed by atoms with Crippen LogP contribution in [-0.4, -0.2) is 54.2 Å². The van der Waals surface area contributed by atoms with Gasteiger partial charge in [0.2, 0.25) is 0 Å². The highest BCUT2D eigenvalue weighted by Crippen LogP contribution is 2.36. The maximum Gasteiger partial charge on any atom is 0.514 e. The van der Waals surface area contributed by atoms with E-state index < -0.39 is 48.4 Å². The van der Waals surface area contributed by atoms with Gasteiger partial charge >= 0.3 is 24.2 Å². The van der Waals surface area contributed by atoms with Crippen LogP contribution in [0.4, 0.5) is 9.59 Å². The van der Waals surface area contributed by atoms with Crippen LogP contribution in [0.25, 0.3) is 0 Å². The second-order valence-electron chi connectivity index (χ2n) is 9.77. The van der Waals surface area contributed by atoms with Crippen LogP contribution < -0.4 is 15.2 Å². The molecule has 1 aromatic rings. The molecular formula is C28H43NO10. The zero-order chi connectivity index (χ0) is 29.7. The second kappa shape index (κ2) is 16.6. The highest BCUT2D eigenvalue weighted by molar-refractivity contribution is 5.75. The van der Waals surface area contributed by atoms with Crippen LogP contribution in [0.1, 0.15) is 85.6 Å². The number of carbonyl (C=O) groups is 4. The molecule has 5 unspecified atom stereocenters. The Labute approximate surface area is 230 Å². The Hall–Kier alpha value is -3.34. The van der Waals surface area contributed by atoms with Gasteiger partial charge in [-0.05, 0) is 56.7 Å². The van der Waals surface area contributed by atoms with Crippen molar-refractivity contribution in [1.29, 1.82) is 0 Å². The minimum Gasteiger partial charge on any atom is -0.480 e. The number of rotatable bonds is 15. The number of ether oxygens (including phenoxy) is 5. The fourth-order valence-electron chi connectivity index (χ4n) is 3.67. The summed E-state index contributed by atoms with van der Waals surface area (Å²) in [7, 11) is 0. The molecule has 0 radical (unpaired) electrons. The zero-order valence-electron chi connectivity index (χ0n) is 23.9. The SMILES string of the molecule is CCCC(C)C(=O)OCC(C)C(c1ccc(OC(=O)OC(C)CC)c(OC(=O)OC(C)CC)c1)[C@H](N)C(=O)O. The summed E-state index contributed by atoms with van der Waals surface area (Å²) in [5, 5.41) is 9.70. The Morgan fingerprint density at radius 1 is 0.872 bits per heavy atom. The molecule has 0 heterocycles. The fourth-order valence-corrected chi connectivity index (χ4v) is 3.67. The molecule has 0 saturated heterocycles. The first-order valence-electron chi connectivity index (χ1n) is 13.4. The van der Waals surface area contributed by atoms with Crippen molar-refractivity contribution >= 4 is 24.2 Å². The number of carboxylic acids is 1. The number of carbonyl (C=O) groups excluding carboxylic acids is 3. The molecule has 1 aromatic carbocycles. The van der Waals surface area contributed by atoms with E-state index in [1.54, 1.807) is 27.7 Å². The molecule has 0 saturated carbocycles. The summed E-state index contributed by atoms with van der Waals surface area (Å²) in [5.74, 6) is -3.66. The minimum absolute atomic E-state index is 0.0791. The number of esters is 1. The molecule has 0 aliphatic rings. The van der Waals surface area contributed by atoms with Gasteiger partial charge in [-0.2, -0.15) is 0 Å². The highest BCUT2D eigenvalue weighted by Gasteiger charge is 2.33. The van der Waals surface area contributed by atoms with Gasteiger partial charge in [0.1, 0.15) is 18.2 Å². The summed E-state index contributed by atoms with van der Waals surface area (Å²) >= 11 is 0. The van der Waals surface area contributed by atoms with Crippen molar-refractivity contribution in [3.63, 3.8) is 0 Å². The molecule has 11 heteroatoms. The lowest BCUT2D eigenvalue weighted by molar-refractivity contribution is -0.149. The average molecular weight is 554 g/mol. The summed E-state index contributed by atoms with van der Waals surface area (Å²) < 4.78 is 26.4. The van der Waals surface area contributed by atoms with E-state index in [2.05, 4.69) is 0 Å². The van der Waals surface area contributed by atoms with Crippen molar-refractivity contribution in [3.8, 4) is 11.5 Å². The van der Waals surface area contributed by atoms with Gasteiger partial charge in [-0.3, -0.25) is 9.59 Å². The van der Waals surface area contributed by atoms with E-state index in [4.69, 9.17) is 29.4 Å². The first-order valence-corrected chi connectivity index (χ1v) is 13.4. The predicted octanol–water partition coefficient (Wildman–Crippen LogP) is 5.43. The van der Waals surface area contributed by atoms with Crippen LogP contribution in [0, 0.1) is 11.8 Å². The van der Waals surface area contributed by atoms with Crippen LogP contribution in [0.3, 0.4) is 0 Å². The summed E-state index contributed by atoms with van der Waals surface area (Å²) in [6.07, 6.45) is -0.281. The third kappa shape index (κ3) is 11.1. The van der Waals surface area contributed by atoms with Crippen LogP contribution in [-0.2, 0) is 23.8 Å². The quantitative estimate of drug-likeness (QED) is 0.162. The zero-order valence-corrected chi connectivity index (χ0v) is 23.9. The largest absolute Gasteiger partial charge is 0.514 e. The molecular weight excluding hydrogens is 510 g/mol. The molecule has 0 aliphatic heterocycles. The molecule has 0 amide bonds. The van der Waals surface area contributed by atoms with Gasteiger partial charge in [-0.25, -0.2) is 9.59 Å². The predicted molar refractivity (Wildman–Crippen MR) is 143 cm³/mol. The van der Waals surface area contributed by atoms with Crippen molar-refractivity contribution in [2.45, 2.75) is 98.3 Å².